The molecule has 0 N–H and O–H groups in total. The van der Waals surface area contributed by atoms with Crippen LogP contribution in [0.3, 0.4) is 0 Å². The predicted molar refractivity (Wildman–Crippen MR) is 80.3 cm³/mol. The molecular formula is C15H19N5O. The summed E-state index contributed by atoms with van der Waals surface area (Å²) in [7, 11) is 1.98. The number of hydrogen-bond acceptors (Lipinski definition) is 5. The standard InChI is InChI=1S/C15H19N5O/c1-15(2,3)14-17-16-12-7-8-13(18-20(12)14)19(4)10-11-6-5-9-21-11/h5-9H,10H2,1-4H3. The Hall–Kier alpha value is -2.37. The highest BCUT2D eigenvalue weighted by Gasteiger charge is 2.22. The van der Waals surface area contributed by atoms with Gasteiger partial charge in [-0.2, -0.15) is 4.52 Å². The fourth-order valence-corrected chi connectivity index (χ4v) is 2.17. The van der Waals surface area contributed by atoms with Gasteiger partial charge in [0.2, 0.25) is 0 Å². The molecule has 110 valence electrons. The lowest BCUT2D eigenvalue weighted by molar-refractivity contribution is 0.505. The summed E-state index contributed by atoms with van der Waals surface area (Å²) < 4.78 is 7.19. The second-order valence-corrected chi connectivity index (χ2v) is 6.17. The molecular weight excluding hydrogens is 266 g/mol. The Labute approximate surface area is 123 Å². The van der Waals surface area contributed by atoms with Crippen LogP contribution in [0.25, 0.3) is 5.65 Å². The highest BCUT2D eigenvalue weighted by molar-refractivity contribution is 5.45. The van der Waals surface area contributed by atoms with Crippen LogP contribution in [-0.2, 0) is 12.0 Å². The van der Waals surface area contributed by atoms with Crippen molar-refractivity contribution in [3.63, 3.8) is 0 Å². The third kappa shape index (κ3) is 2.61. The molecule has 6 nitrogen and oxygen atoms in total. The van der Waals surface area contributed by atoms with Crippen molar-refractivity contribution in [3.8, 4) is 0 Å². The highest BCUT2D eigenvalue weighted by Crippen LogP contribution is 2.21. The first-order chi connectivity index (χ1) is 9.95. The second-order valence-electron chi connectivity index (χ2n) is 6.17. The Morgan fingerprint density at radius 3 is 2.67 bits per heavy atom. The van der Waals surface area contributed by atoms with Crippen LogP contribution < -0.4 is 4.90 Å². The first kappa shape index (κ1) is 13.6. The number of aromatic nitrogens is 4. The van der Waals surface area contributed by atoms with Crippen LogP contribution in [-0.4, -0.2) is 26.9 Å². The molecule has 3 aromatic heterocycles. The average molecular weight is 285 g/mol. The number of furan rings is 1. The van der Waals surface area contributed by atoms with E-state index in [1.54, 1.807) is 6.26 Å². The van der Waals surface area contributed by atoms with Gasteiger partial charge in [0.1, 0.15) is 11.6 Å². The van der Waals surface area contributed by atoms with Crippen LogP contribution in [0.1, 0.15) is 32.4 Å². The minimum absolute atomic E-state index is 0.107. The Balaban J connectivity index is 1.96. The molecule has 0 aliphatic carbocycles. The SMILES string of the molecule is CN(Cc1ccco1)c1ccc2nnc(C(C)(C)C)n2n1. The molecule has 0 aromatic carbocycles. The van der Waals surface area contributed by atoms with Gasteiger partial charge in [-0.15, -0.1) is 15.3 Å². The summed E-state index contributed by atoms with van der Waals surface area (Å²) in [5, 5.41) is 13.1. The molecule has 3 rings (SSSR count). The third-order valence-electron chi connectivity index (χ3n) is 3.28. The zero-order valence-corrected chi connectivity index (χ0v) is 12.7. The molecule has 0 radical (unpaired) electrons. The Kier molecular flexibility index (Phi) is 3.16. The molecule has 3 aromatic rings. The van der Waals surface area contributed by atoms with Crippen molar-refractivity contribution in [1.29, 1.82) is 0 Å². The van der Waals surface area contributed by atoms with Gasteiger partial charge in [0, 0.05) is 12.5 Å². The van der Waals surface area contributed by atoms with Gasteiger partial charge < -0.3 is 9.32 Å². The lowest BCUT2D eigenvalue weighted by atomic mass is 9.96. The molecule has 0 aliphatic rings. The summed E-state index contributed by atoms with van der Waals surface area (Å²) in [5.41, 5.74) is 0.653. The van der Waals surface area contributed by atoms with E-state index in [0.717, 1.165) is 23.0 Å². The van der Waals surface area contributed by atoms with Crippen molar-refractivity contribution in [3.05, 3.63) is 42.1 Å². The topological polar surface area (TPSA) is 59.5 Å². The zero-order chi connectivity index (χ0) is 15.0. The molecule has 0 bridgehead atoms. The van der Waals surface area contributed by atoms with E-state index >= 15 is 0 Å². The maximum absolute atomic E-state index is 5.38. The largest absolute Gasteiger partial charge is 0.467 e. The summed E-state index contributed by atoms with van der Waals surface area (Å²) >= 11 is 0. The van der Waals surface area contributed by atoms with Gasteiger partial charge in [0.05, 0.1) is 12.8 Å². The molecule has 0 saturated heterocycles. The van der Waals surface area contributed by atoms with Crippen molar-refractivity contribution in [2.24, 2.45) is 0 Å². The van der Waals surface area contributed by atoms with Crippen molar-refractivity contribution in [1.82, 2.24) is 19.8 Å². The summed E-state index contributed by atoms with van der Waals surface area (Å²) in [6, 6.07) is 7.72. The van der Waals surface area contributed by atoms with E-state index < -0.39 is 0 Å². The Bertz CT molecular complexity index is 739. The normalized spacial score (nSPS) is 12.0. The number of anilines is 1. The van der Waals surface area contributed by atoms with Gasteiger partial charge in [-0.3, -0.25) is 0 Å². The van der Waals surface area contributed by atoms with Crippen molar-refractivity contribution in [2.75, 3.05) is 11.9 Å². The van der Waals surface area contributed by atoms with Gasteiger partial charge in [0.15, 0.2) is 11.5 Å². The number of hydrogen-bond donors (Lipinski definition) is 0. The first-order valence-corrected chi connectivity index (χ1v) is 6.91. The van der Waals surface area contributed by atoms with Crippen LogP contribution in [0.5, 0.6) is 0 Å². The van der Waals surface area contributed by atoms with Gasteiger partial charge in [0.25, 0.3) is 0 Å². The lowest BCUT2D eigenvalue weighted by Gasteiger charge is -2.18. The highest BCUT2D eigenvalue weighted by atomic mass is 16.3. The van der Waals surface area contributed by atoms with Gasteiger partial charge >= 0.3 is 0 Å². The molecule has 21 heavy (non-hydrogen) atoms. The fourth-order valence-electron chi connectivity index (χ4n) is 2.17. The lowest BCUT2D eigenvalue weighted by Crippen LogP contribution is -2.21. The number of fused-ring (bicyclic) bond motifs is 1. The van der Waals surface area contributed by atoms with E-state index in [1.807, 2.05) is 40.7 Å². The van der Waals surface area contributed by atoms with E-state index in [2.05, 4.69) is 36.1 Å². The van der Waals surface area contributed by atoms with Crippen LogP contribution in [0, 0.1) is 0 Å². The summed E-state index contributed by atoms with van der Waals surface area (Å²) in [6.07, 6.45) is 1.68. The smallest absolute Gasteiger partial charge is 0.178 e. The molecule has 0 saturated carbocycles. The number of rotatable bonds is 3. The molecule has 0 unspecified atom stereocenters. The third-order valence-corrected chi connectivity index (χ3v) is 3.28. The molecule has 0 amide bonds. The Morgan fingerprint density at radius 2 is 2.00 bits per heavy atom. The molecule has 0 spiro atoms. The van der Waals surface area contributed by atoms with Crippen molar-refractivity contribution in [2.45, 2.75) is 32.7 Å². The first-order valence-electron chi connectivity index (χ1n) is 6.91. The van der Waals surface area contributed by atoms with Gasteiger partial charge in [-0.1, -0.05) is 20.8 Å². The fraction of sp³-hybridized carbons (Fsp3) is 0.400. The predicted octanol–water partition coefficient (Wildman–Crippen LogP) is 2.65. The van der Waals surface area contributed by atoms with E-state index in [9.17, 15) is 0 Å². The van der Waals surface area contributed by atoms with Gasteiger partial charge in [-0.25, -0.2) is 0 Å². The monoisotopic (exact) mass is 285 g/mol. The zero-order valence-electron chi connectivity index (χ0n) is 12.7. The van der Waals surface area contributed by atoms with E-state index in [4.69, 9.17) is 4.42 Å². The maximum Gasteiger partial charge on any atom is 0.178 e. The number of nitrogens with zero attached hydrogens (tertiary/aromatic N) is 5. The maximum atomic E-state index is 5.38. The molecule has 6 heteroatoms. The quantitative estimate of drug-likeness (QED) is 0.740. The van der Waals surface area contributed by atoms with Gasteiger partial charge in [-0.05, 0) is 24.3 Å². The van der Waals surface area contributed by atoms with E-state index in [-0.39, 0.29) is 5.41 Å². The second kappa shape index (κ2) is 4.87. The van der Waals surface area contributed by atoms with Crippen LogP contribution in [0.15, 0.2) is 34.9 Å². The van der Waals surface area contributed by atoms with Crippen LogP contribution >= 0.6 is 0 Å². The molecule has 3 heterocycles. The van der Waals surface area contributed by atoms with E-state index in [0.29, 0.717) is 6.54 Å². The molecule has 0 fully saturated rings. The minimum Gasteiger partial charge on any atom is -0.467 e. The van der Waals surface area contributed by atoms with Crippen molar-refractivity contribution < 1.29 is 4.42 Å². The van der Waals surface area contributed by atoms with Crippen molar-refractivity contribution >= 4 is 11.5 Å². The minimum atomic E-state index is -0.107. The van der Waals surface area contributed by atoms with Crippen LogP contribution in [0.4, 0.5) is 5.82 Å². The average Bonchev–Trinajstić information content (AvgIpc) is 3.05. The summed E-state index contributed by atoms with van der Waals surface area (Å²) in [5.74, 6) is 2.61. The summed E-state index contributed by atoms with van der Waals surface area (Å²) in [4.78, 5) is 2.03. The molecule has 0 atom stereocenters. The Morgan fingerprint density at radius 1 is 1.19 bits per heavy atom. The molecule has 0 aliphatic heterocycles. The van der Waals surface area contributed by atoms with E-state index in [1.165, 1.54) is 0 Å². The summed E-state index contributed by atoms with van der Waals surface area (Å²) in [6.45, 7) is 6.97. The van der Waals surface area contributed by atoms with Crippen LogP contribution in [0.2, 0.25) is 0 Å².